The van der Waals surface area contributed by atoms with Gasteiger partial charge in [-0.3, -0.25) is 0 Å². The molecular weight excluding hydrogens is 351 g/mol. The van der Waals surface area contributed by atoms with Gasteiger partial charge in [-0.15, -0.1) is 0 Å². The molecule has 5 nitrogen and oxygen atoms in total. The van der Waals surface area contributed by atoms with E-state index in [1.165, 1.54) is 23.5 Å². The first-order valence-electron chi connectivity index (χ1n) is 7.04. The summed E-state index contributed by atoms with van der Waals surface area (Å²) < 4.78 is 39.2. The fourth-order valence-electron chi connectivity index (χ4n) is 2.07. The number of hydrogen-bond acceptors (Lipinski definition) is 3. The van der Waals surface area contributed by atoms with Crippen LogP contribution in [0.15, 0.2) is 58.5 Å². The zero-order valence-corrected chi connectivity index (χ0v) is 13.5. The van der Waals surface area contributed by atoms with Crippen LogP contribution in [0.25, 0.3) is 10.2 Å². The van der Waals surface area contributed by atoms with Gasteiger partial charge < -0.3 is 11.5 Å². The second kappa shape index (κ2) is 6.52. The van der Waals surface area contributed by atoms with E-state index in [1.807, 2.05) is 24.3 Å². The van der Waals surface area contributed by atoms with E-state index in [4.69, 9.17) is 11.5 Å². The normalized spacial score (nSPS) is 13.4. The Hall–Kier alpha value is -2.94. The number of nitrogens with two attached hydrogens (primary N) is 2. The molecular formula is C16H12F3N5S. The molecule has 128 valence electrons. The second-order valence-corrected chi connectivity index (χ2v) is 6.02. The van der Waals surface area contributed by atoms with E-state index in [0.717, 1.165) is 22.3 Å². The molecule has 0 unspecified atom stereocenters. The number of para-hydroxylation sites is 1. The zero-order chi connectivity index (χ0) is 18.0. The molecule has 0 aliphatic rings. The number of rotatable bonds is 2. The van der Waals surface area contributed by atoms with Crippen molar-refractivity contribution >= 4 is 38.5 Å². The third kappa shape index (κ3) is 3.94. The monoisotopic (exact) mass is 363 g/mol. The van der Waals surface area contributed by atoms with Crippen LogP contribution >= 0.6 is 11.3 Å². The van der Waals surface area contributed by atoms with Crippen molar-refractivity contribution in [3.05, 3.63) is 59.7 Å². The van der Waals surface area contributed by atoms with Gasteiger partial charge in [-0.05, 0) is 24.3 Å². The summed E-state index contributed by atoms with van der Waals surface area (Å²) in [5.41, 5.74) is 11.5. The third-order valence-corrected chi connectivity index (χ3v) is 4.14. The van der Waals surface area contributed by atoms with Gasteiger partial charge in [0, 0.05) is 5.56 Å². The summed E-state index contributed by atoms with van der Waals surface area (Å²) in [6.45, 7) is 0. The van der Waals surface area contributed by atoms with E-state index in [1.54, 1.807) is 0 Å². The van der Waals surface area contributed by atoms with Crippen LogP contribution < -0.4 is 11.5 Å². The average Bonchev–Trinajstić information content (AvgIpc) is 2.96. The molecule has 0 atom stereocenters. The highest BCUT2D eigenvalue weighted by atomic mass is 32.1. The minimum Gasteiger partial charge on any atom is -0.383 e. The van der Waals surface area contributed by atoms with E-state index < -0.39 is 11.7 Å². The predicted molar refractivity (Wildman–Crippen MR) is 93.1 cm³/mol. The Labute approximate surface area is 144 Å². The summed E-state index contributed by atoms with van der Waals surface area (Å²) in [4.78, 5) is 12.2. The molecule has 25 heavy (non-hydrogen) atoms. The van der Waals surface area contributed by atoms with Gasteiger partial charge in [-0.2, -0.15) is 23.2 Å². The van der Waals surface area contributed by atoms with Crippen molar-refractivity contribution in [3.63, 3.8) is 0 Å². The molecule has 0 saturated carbocycles. The fraction of sp³-hybridized carbons (Fsp3) is 0.0625. The van der Waals surface area contributed by atoms with Crippen LogP contribution in [-0.4, -0.2) is 16.8 Å². The molecule has 1 aromatic heterocycles. The van der Waals surface area contributed by atoms with Crippen LogP contribution in [0.5, 0.6) is 0 Å². The lowest BCUT2D eigenvalue weighted by Crippen LogP contribution is -2.20. The second-order valence-electron chi connectivity index (χ2n) is 5.01. The highest BCUT2D eigenvalue weighted by Crippen LogP contribution is 2.30. The molecule has 0 bridgehead atoms. The van der Waals surface area contributed by atoms with Crippen LogP contribution in [0.4, 0.5) is 18.3 Å². The maximum atomic E-state index is 12.7. The van der Waals surface area contributed by atoms with Crippen molar-refractivity contribution in [2.24, 2.45) is 21.5 Å². The molecule has 4 N–H and O–H groups in total. The Kier molecular flexibility index (Phi) is 4.41. The summed E-state index contributed by atoms with van der Waals surface area (Å²) in [7, 11) is 0. The van der Waals surface area contributed by atoms with Gasteiger partial charge in [-0.1, -0.05) is 35.6 Å². The molecule has 0 aliphatic carbocycles. The Morgan fingerprint density at radius 1 is 1.04 bits per heavy atom. The summed E-state index contributed by atoms with van der Waals surface area (Å²) >= 11 is 1.32. The van der Waals surface area contributed by atoms with Crippen LogP contribution in [0, 0.1) is 0 Å². The number of benzene rings is 2. The lowest BCUT2D eigenvalue weighted by molar-refractivity contribution is -0.137. The number of alkyl halides is 3. The lowest BCUT2D eigenvalue weighted by Gasteiger charge is -2.08. The number of amidine groups is 1. The van der Waals surface area contributed by atoms with Crippen molar-refractivity contribution in [2.75, 3.05) is 0 Å². The van der Waals surface area contributed by atoms with Gasteiger partial charge >= 0.3 is 6.18 Å². The number of hydrogen-bond donors (Lipinski definition) is 2. The maximum Gasteiger partial charge on any atom is 0.416 e. The van der Waals surface area contributed by atoms with Crippen molar-refractivity contribution in [1.82, 2.24) is 4.98 Å². The number of halogens is 3. The smallest absolute Gasteiger partial charge is 0.383 e. The summed E-state index contributed by atoms with van der Waals surface area (Å²) in [6.07, 6.45) is -4.46. The van der Waals surface area contributed by atoms with E-state index in [-0.39, 0.29) is 17.4 Å². The number of aromatic nitrogens is 1. The Bertz CT molecular complexity index is 942. The van der Waals surface area contributed by atoms with Gasteiger partial charge in [0.2, 0.25) is 11.1 Å². The first kappa shape index (κ1) is 16.9. The molecule has 9 heteroatoms. The van der Waals surface area contributed by atoms with E-state index in [9.17, 15) is 13.2 Å². The standard InChI is InChI=1S/C16H12F3N5S/c17-16(18,19)10-5-3-4-9(8-10)13(20)23-14(21)24-15-22-11-6-1-2-7-12(11)25-15/h1-8H,(H4,20,21,22,23,24). The van der Waals surface area contributed by atoms with Gasteiger partial charge in [0.05, 0.1) is 15.8 Å². The van der Waals surface area contributed by atoms with Gasteiger partial charge in [0.25, 0.3) is 0 Å². The lowest BCUT2D eigenvalue weighted by atomic mass is 10.1. The molecule has 3 aromatic rings. The van der Waals surface area contributed by atoms with Gasteiger partial charge in [-0.25, -0.2) is 4.98 Å². The SMILES string of the molecule is NC(=Nc1nc2ccccc2s1)N=C(N)c1cccc(C(F)(F)F)c1. The number of nitrogens with zero attached hydrogens (tertiary/aromatic N) is 3. The minimum absolute atomic E-state index is 0.109. The fourth-order valence-corrected chi connectivity index (χ4v) is 2.92. The van der Waals surface area contributed by atoms with Crippen molar-refractivity contribution in [3.8, 4) is 0 Å². The number of thiazole rings is 1. The summed E-state index contributed by atoms with van der Waals surface area (Å²) in [6, 6.07) is 12.0. The molecule has 0 saturated heterocycles. The number of guanidine groups is 1. The first-order chi connectivity index (χ1) is 11.8. The Balaban J connectivity index is 1.88. The highest BCUT2D eigenvalue weighted by Gasteiger charge is 2.30. The van der Waals surface area contributed by atoms with E-state index in [2.05, 4.69) is 15.0 Å². The molecule has 3 rings (SSSR count). The van der Waals surface area contributed by atoms with Crippen LogP contribution in [0.1, 0.15) is 11.1 Å². The van der Waals surface area contributed by atoms with Gasteiger partial charge in [0.15, 0.2) is 0 Å². The number of aliphatic imine (C=N–C) groups is 2. The Morgan fingerprint density at radius 3 is 2.52 bits per heavy atom. The van der Waals surface area contributed by atoms with Crippen molar-refractivity contribution in [2.45, 2.75) is 6.18 Å². The maximum absolute atomic E-state index is 12.7. The van der Waals surface area contributed by atoms with Crippen LogP contribution in [-0.2, 0) is 6.18 Å². The molecule has 0 spiro atoms. The van der Waals surface area contributed by atoms with E-state index >= 15 is 0 Å². The van der Waals surface area contributed by atoms with Gasteiger partial charge in [0.1, 0.15) is 5.84 Å². The van der Waals surface area contributed by atoms with Crippen LogP contribution in [0.3, 0.4) is 0 Å². The quantitative estimate of drug-likeness (QED) is 0.538. The number of fused-ring (bicyclic) bond motifs is 1. The first-order valence-corrected chi connectivity index (χ1v) is 7.86. The minimum atomic E-state index is -4.46. The molecule has 0 fully saturated rings. The van der Waals surface area contributed by atoms with E-state index in [0.29, 0.717) is 5.13 Å². The molecule has 0 amide bonds. The summed E-state index contributed by atoms with van der Waals surface area (Å²) in [5, 5.41) is 0.388. The van der Waals surface area contributed by atoms with Crippen molar-refractivity contribution < 1.29 is 13.2 Å². The largest absolute Gasteiger partial charge is 0.416 e. The van der Waals surface area contributed by atoms with Crippen molar-refractivity contribution in [1.29, 1.82) is 0 Å². The molecule has 0 aliphatic heterocycles. The topological polar surface area (TPSA) is 89.6 Å². The Morgan fingerprint density at radius 2 is 1.80 bits per heavy atom. The average molecular weight is 363 g/mol. The third-order valence-electron chi connectivity index (χ3n) is 3.21. The summed E-state index contributed by atoms with van der Waals surface area (Å²) in [5.74, 6) is -0.345. The van der Waals surface area contributed by atoms with Crippen LogP contribution in [0.2, 0.25) is 0 Å². The zero-order valence-electron chi connectivity index (χ0n) is 12.7. The molecule has 1 heterocycles. The highest BCUT2D eigenvalue weighted by molar-refractivity contribution is 7.22. The molecule has 2 aromatic carbocycles. The molecule has 0 radical (unpaired) electrons. The predicted octanol–water partition coefficient (Wildman–Crippen LogP) is 3.67.